The molecule has 1 N–H and O–H groups in total. The third-order valence-corrected chi connectivity index (χ3v) is 6.26. The molecule has 0 fully saturated rings. The molecule has 12 heteroatoms. The number of nitrogens with zero attached hydrogens (tertiary/aromatic N) is 7. The Labute approximate surface area is 210 Å². The highest BCUT2D eigenvalue weighted by Crippen LogP contribution is 2.30. The van der Waals surface area contributed by atoms with E-state index in [0.29, 0.717) is 24.6 Å². The Morgan fingerprint density at radius 1 is 1.03 bits per heavy atom. The summed E-state index contributed by atoms with van der Waals surface area (Å²) in [5.74, 6) is 0.479. The van der Waals surface area contributed by atoms with Gasteiger partial charge >= 0.3 is 11.7 Å². The lowest BCUT2D eigenvalue weighted by atomic mass is 9.98. The number of fused-ring (bicyclic) bond motifs is 1. The average molecular weight is 501 g/mol. The highest BCUT2D eigenvalue weighted by molar-refractivity contribution is 5.80. The molecule has 188 valence electrons. The molecular weight excluding hydrogens is 476 g/mol. The molecule has 5 aromatic rings. The van der Waals surface area contributed by atoms with Gasteiger partial charge < -0.3 is 9.30 Å². The summed E-state index contributed by atoms with van der Waals surface area (Å²) < 4.78 is 8.63. The van der Waals surface area contributed by atoms with Gasteiger partial charge in [-0.25, -0.2) is 14.3 Å². The zero-order valence-corrected chi connectivity index (χ0v) is 20.5. The standard InChI is InChI=1S/C25H24N8O4/c1-4-19-26-23-21(24(35)33(14-20(34)37-3)25(36)31(23)2)32(19)13-15-9-11-16(12-10-15)17-7-5-6-8-18(17)22-27-29-30-28-22/h5-12H,4,13-14H2,1-3H3,(H,27,28,29,30). The van der Waals surface area contributed by atoms with Crippen molar-refractivity contribution < 1.29 is 9.53 Å². The summed E-state index contributed by atoms with van der Waals surface area (Å²) in [6.45, 7) is 1.82. The number of nitrogens with one attached hydrogen (secondary N) is 1. The van der Waals surface area contributed by atoms with Crippen molar-refractivity contribution in [2.75, 3.05) is 7.11 Å². The number of carbonyl (C=O) groups is 1. The lowest BCUT2D eigenvalue weighted by Gasteiger charge is -2.12. The number of hydrogen-bond acceptors (Lipinski definition) is 8. The predicted molar refractivity (Wildman–Crippen MR) is 135 cm³/mol. The summed E-state index contributed by atoms with van der Waals surface area (Å²) in [7, 11) is 2.74. The second-order valence-electron chi connectivity index (χ2n) is 8.43. The smallest absolute Gasteiger partial charge is 0.333 e. The molecule has 0 aliphatic heterocycles. The summed E-state index contributed by atoms with van der Waals surface area (Å²) in [5, 5.41) is 14.3. The topological polar surface area (TPSA) is 143 Å². The van der Waals surface area contributed by atoms with Crippen LogP contribution >= 0.6 is 0 Å². The lowest BCUT2D eigenvalue weighted by Crippen LogP contribution is -2.41. The second-order valence-corrected chi connectivity index (χ2v) is 8.43. The van der Waals surface area contributed by atoms with Crippen LogP contribution in [-0.2, 0) is 36.1 Å². The molecule has 0 aliphatic carbocycles. The Bertz CT molecular complexity index is 1710. The number of tetrazole rings is 1. The third-order valence-electron chi connectivity index (χ3n) is 6.26. The number of carbonyl (C=O) groups excluding carboxylic acids is 1. The highest BCUT2D eigenvalue weighted by atomic mass is 16.5. The van der Waals surface area contributed by atoms with Crippen molar-refractivity contribution in [3.8, 4) is 22.5 Å². The van der Waals surface area contributed by atoms with E-state index >= 15 is 0 Å². The van der Waals surface area contributed by atoms with Crippen LogP contribution in [-0.4, -0.2) is 52.4 Å². The van der Waals surface area contributed by atoms with Crippen LogP contribution in [0.2, 0.25) is 0 Å². The van der Waals surface area contributed by atoms with Crippen LogP contribution in [0.5, 0.6) is 0 Å². The largest absolute Gasteiger partial charge is 0.468 e. The number of methoxy groups -OCH3 is 1. The molecule has 0 bridgehead atoms. The quantitative estimate of drug-likeness (QED) is 0.332. The minimum Gasteiger partial charge on any atom is -0.468 e. The van der Waals surface area contributed by atoms with E-state index in [4.69, 9.17) is 0 Å². The van der Waals surface area contributed by atoms with Crippen molar-refractivity contribution in [1.29, 1.82) is 0 Å². The Hall–Kier alpha value is -4.87. The van der Waals surface area contributed by atoms with Gasteiger partial charge in [-0.2, -0.15) is 5.21 Å². The van der Waals surface area contributed by atoms with Crippen molar-refractivity contribution in [3.05, 3.63) is 80.8 Å². The van der Waals surface area contributed by atoms with E-state index in [2.05, 4.69) is 30.3 Å². The number of benzene rings is 2. The molecule has 5 rings (SSSR count). The Morgan fingerprint density at radius 2 is 1.76 bits per heavy atom. The van der Waals surface area contributed by atoms with Crippen molar-refractivity contribution in [1.82, 2.24) is 39.3 Å². The summed E-state index contributed by atoms with van der Waals surface area (Å²) in [6.07, 6.45) is 0.551. The molecule has 0 saturated carbocycles. The first-order valence-corrected chi connectivity index (χ1v) is 11.6. The fraction of sp³-hybridized carbons (Fsp3) is 0.240. The Kier molecular flexibility index (Phi) is 6.22. The number of aromatic nitrogens is 8. The normalized spacial score (nSPS) is 11.2. The van der Waals surface area contributed by atoms with Gasteiger partial charge in [0, 0.05) is 25.6 Å². The van der Waals surface area contributed by atoms with Gasteiger partial charge in [0.25, 0.3) is 5.56 Å². The lowest BCUT2D eigenvalue weighted by molar-refractivity contribution is -0.141. The summed E-state index contributed by atoms with van der Waals surface area (Å²) in [5.41, 5.74) is 3.04. The maximum absolute atomic E-state index is 13.3. The first kappa shape index (κ1) is 23.9. The van der Waals surface area contributed by atoms with Gasteiger partial charge in [-0.05, 0) is 21.9 Å². The average Bonchev–Trinajstić information content (AvgIpc) is 3.59. The van der Waals surface area contributed by atoms with Crippen LogP contribution in [0.15, 0.2) is 58.1 Å². The summed E-state index contributed by atoms with van der Waals surface area (Å²) >= 11 is 0. The van der Waals surface area contributed by atoms with Crippen LogP contribution in [0.25, 0.3) is 33.7 Å². The van der Waals surface area contributed by atoms with E-state index in [1.807, 2.05) is 55.5 Å². The van der Waals surface area contributed by atoms with E-state index in [1.165, 1.54) is 18.7 Å². The number of esters is 1. The zero-order valence-electron chi connectivity index (χ0n) is 20.5. The van der Waals surface area contributed by atoms with Crippen LogP contribution in [0, 0.1) is 0 Å². The van der Waals surface area contributed by atoms with Gasteiger partial charge in [-0.1, -0.05) is 55.5 Å². The van der Waals surface area contributed by atoms with Crippen molar-refractivity contribution in [2.24, 2.45) is 7.05 Å². The number of rotatable bonds is 7. The molecule has 12 nitrogen and oxygen atoms in total. The Balaban J connectivity index is 1.56. The molecule has 37 heavy (non-hydrogen) atoms. The monoisotopic (exact) mass is 500 g/mol. The number of ether oxygens (including phenoxy) is 1. The molecule has 0 aliphatic rings. The molecule has 3 heterocycles. The predicted octanol–water partition coefficient (Wildman–Crippen LogP) is 1.53. The number of H-pyrrole nitrogens is 1. The van der Waals surface area contributed by atoms with Gasteiger partial charge in [0.1, 0.15) is 12.4 Å². The molecular formula is C25H24N8O4. The van der Waals surface area contributed by atoms with E-state index in [0.717, 1.165) is 26.8 Å². The highest BCUT2D eigenvalue weighted by Gasteiger charge is 2.21. The second kappa shape index (κ2) is 9.64. The van der Waals surface area contributed by atoms with Crippen LogP contribution in [0.1, 0.15) is 18.3 Å². The molecule has 0 spiro atoms. The number of imidazole rings is 1. The zero-order chi connectivity index (χ0) is 26.1. The SMILES string of the molecule is CCc1nc2c(c(=O)n(CC(=O)OC)c(=O)n2C)n1Cc1ccc(-c2ccccc2-c2nn[nH]n2)cc1. The Morgan fingerprint density at radius 3 is 2.41 bits per heavy atom. The molecule has 0 radical (unpaired) electrons. The van der Waals surface area contributed by atoms with Crippen molar-refractivity contribution in [2.45, 2.75) is 26.4 Å². The van der Waals surface area contributed by atoms with Crippen molar-refractivity contribution >= 4 is 17.1 Å². The molecule has 0 amide bonds. The van der Waals surface area contributed by atoms with Gasteiger partial charge in [0.2, 0.25) is 5.82 Å². The van der Waals surface area contributed by atoms with Gasteiger partial charge in [0.15, 0.2) is 11.2 Å². The first-order chi connectivity index (χ1) is 17.9. The van der Waals surface area contributed by atoms with E-state index in [9.17, 15) is 14.4 Å². The number of hydrogen-bond donors (Lipinski definition) is 1. The van der Waals surface area contributed by atoms with Gasteiger partial charge in [-0.15, -0.1) is 10.2 Å². The first-order valence-electron chi connectivity index (χ1n) is 11.6. The fourth-order valence-electron chi connectivity index (χ4n) is 4.37. The van der Waals surface area contributed by atoms with Gasteiger partial charge in [-0.3, -0.25) is 14.2 Å². The molecule has 0 unspecified atom stereocenters. The van der Waals surface area contributed by atoms with E-state index < -0.39 is 23.8 Å². The van der Waals surface area contributed by atoms with Crippen LogP contribution < -0.4 is 11.2 Å². The van der Waals surface area contributed by atoms with Crippen molar-refractivity contribution in [3.63, 3.8) is 0 Å². The van der Waals surface area contributed by atoms with Crippen LogP contribution in [0.4, 0.5) is 0 Å². The van der Waals surface area contributed by atoms with Gasteiger partial charge in [0.05, 0.1) is 7.11 Å². The maximum Gasteiger partial charge on any atom is 0.333 e. The van der Waals surface area contributed by atoms with Crippen LogP contribution in [0.3, 0.4) is 0 Å². The molecule has 0 atom stereocenters. The van der Waals surface area contributed by atoms with E-state index in [-0.39, 0.29) is 11.2 Å². The third kappa shape index (κ3) is 4.22. The molecule has 0 saturated heterocycles. The maximum atomic E-state index is 13.3. The van der Waals surface area contributed by atoms with E-state index in [1.54, 1.807) is 4.57 Å². The molecule has 2 aromatic carbocycles. The molecule has 3 aromatic heterocycles. The minimum absolute atomic E-state index is 0.259. The fourth-order valence-corrected chi connectivity index (χ4v) is 4.37. The minimum atomic E-state index is -0.683. The summed E-state index contributed by atoms with van der Waals surface area (Å²) in [6, 6.07) is 15.7. The number of aryl methyl sites for hydroxylation is 2. The summed E-state index contributed by atoms with van der Waals surface area (Å²) in [4.78, 5) is 42.5. The number of aromatic amines is 1.